The van der Waals surface area contributed by atoms with Gasteiger partial charge < -0.3 is 14.8 Å². The molecular weight excluding hydrogens is 246 g/mol. The second-order valence-corrected chi connectivity index (χ2v) is 4.48. The van der Waals surface area contributed by atoms with Crippen molar-refractivity contribution in [2.24, 2.45) is 5.92 Å². The number of rotatable bonds is 5. The standard InChI is InChI=1S/C14H17NO4/c1-18-12-6-4-3-5-9(12)10-7-11(10)14(17)15-8-13(16)19-2/h3-6,10-11H,7-8H2,1-2H3,(H,15,17)/t10-,11+/m0/s1. The van der Waals surface area contributed by atoms with Gasteiger partial charge in [0.15, 0.2) is 0 Å². The highest BCUT2D eigenvalue weighted by molar-refractivity contribution is 5.86. The third kappa shape index (κ3) is 3.05. The summed E-state index contributed by atoms with van der Waals surface area (Å²) in [6, 6.07) is 7.69. The molecule has 0 unspecified atom stereocenters. The molecule has 1 aromatic carbocycles. The molecule has 0 heterocycles. The van der Waals surface area contributed by atoms with Crippen molar-refractivity contribution in [2.75, 3.05) is 20.8 Å². The van der Waals surface area contributed by atoms with E-state index in [4.69, 9.17) is 4.74 Å². The predicted octanol–water partition coefficient (Wildman–Crippen LogP) is 1.09. The van der Waals surface area contributed by atoms with Crippen LogP contribution in [0.1, 0.15) is 17.9 Å². The largest absolute Gasteiger partial charge is 0.496 e. The Morgan fingerprint density at radius 3 is 2.74 bits per heavy atom. The molecule has 1 aliphatic carbocycles. The zero-order chi connectivity index (χ0) is 13.8. The van der Waals surface area contributed by atoms with Gasteiger partial charge >= 0.3 is 5.97 Å². The average molecular weight is 263 g/mol. The van der Waals surface area contributed by atoms with Crippen LogP contribution < -0.4 is 10.1 Å². The van der Waals surface area contributed by atoms with Crippen molar-refractivity contribution in [3.05, 3.63) is 29.8 Å². The van der Waals surface area contributed by atoms with Gasteiger partial charge in [0, 0.05) is 5.92 Å². The minimum atomic E-state index is -0.442. The van der Waals surface area contributed by atoms with Crippen LogP contribution in [-0.4, -0.2) is 32.6 Å². The maximum Gasteiger partial charge on any atom is 0.325 e. The van der Waals surface area contributed by atoms with Crippen molar-refractivity contribution >= 4 is 11.9 Å². The monoisotopic (exact) mass is 263 g/mol. The summed E-state index contributed by atoms with van der Waals surface area (Å²) >= 11 is 0. The van der Waals surface area contributed by atoms with E-state index in [0.717, 1.165) is 17.7 Å². The van der Waals surface area contributed by atoms with Crippen LogP contribution in [0.5, 0.6) is 5.75 Å². The zero-order valence-electron chi connectivity index (χ0n) is 11.0. The van der Waals surface area contributed by atoms with E-state index in [9.17, 15) is 9.59 Å². The lowest BCUT2D eigenvalue weighted by Gasteiger charge is -2.07. The molecule has 0 saturated heterocycles. The van der Waals surface area contributed by atoms with Crippen LogP contribution in [0.3, 0.4) is 0 Å². The Hall–Kier alpha value is -2.04. The fourth-order valence-corrected chi connectivity index (χ4v) is 2.16. The lowest BCUT2D eigenvalue weighted by molar-refractivity contribution is -0.141. The van der Waals surface area contributed by atoms with E-state index in [2.05, 4.69) is 10.1 Å². The molecule has 1 fully saturated rings. The first-order valence-electron chi connectivity index (χ1n) is 6.14. The topological polar surface area (TPSA) is 64.6 Å². The number of methoxy groups -OCH3 is 2. The van der Waals surface area contributed by atoms with Crippen molar-refractivity contribution in [3.8, 4) is 5.75 Å². The molecule has 2 rings (SSSR count). The SMILES string of the molecule is COC(=O)CNC(=O)[C@@H]1C[C@H]1c1ccccc1OC. The molecule has 0 spiro atoms. The molecule has 1 aromatic rings. The maximum absolute atomic E-state index is 11.8. The van der Waals surface area contributed by atoms with Crippen LogP contribution in [0, 0.1) is 5.92 Å². The van der Waals surface area contributed by atoms with E-state index in [1.807, 2.05) is 24.3 Å². The predicted molar refractivity (Wildman–Crippen MR) is 68.9 cm³/mol. The Kier molecular flexibility index (Phi) is 4.04. The number of para-hydroxylation sites is 1. The molecule has 2 atom stereocenters. The summed E-state index contributed by atoms with van der Waals surface area (Å²) in [5.74, 6) is 0.342. The molecule has 1 amide bonds. The average Bonchev–Trinajstić information content (AvgIpc) is 3.24. The van der Waals surface area contributed by atoms with Crippen molar-refractivity contribution in [3.63, 3.8) is 0 Å². The Bertz CT molecular complexity index is 486. The number of amides is 1. The summed E-state index contributed by atoms with van der Waals surface area (Å²) in [7, 11) is 2.91. The number of hydrogen-bond acceptors (Lipinski definition) is 4. The number of esters is 1. The fraction of sp³-hybridized carbons (Fsp3) is 0.429. The van der Waals surface area contributed by atoms with Crippen molar-refractivity contribution in [1.82, 2.24) is 5.32 Å². The van der Waals surface area contributed by atoms with Gasteiger partial charge in [0.2, 0.25) is 5.91 Å². The number of ether oxygens (including phenoxy) is 2. The summed E-state index contributed by atoms with van der Waals surface area (Å²) in [6.07, 6.45) is 0.785. The summed E-state index contributed by atoms with van der Waals surface area (Å²) < 4.78 is 9.76. The number of carbonyl (C=O) groups excluding carboxylic acids is 2. The summed E-state index contributed by atoms with van der Waals surface area (Å²) in [5, 5.41) is 2.58. The van der Waals surface area contributed by atoms with Crippen molar-refractivity contribution in [2.45, 2.75) is 12.3 Å². The Morgan fingerprint density at radius 1 is 1.32 bits per heavy atom. The number of benzene rings is 1. The van der Waals surface area contributed by atoms with Crippen LogP contribution in [-0.2, 0) is 14.3 Å². The number of carbonyl (C=O) groups is 2. The van der Waals surface area contributed by atoms with E-state index in [1.165, 1.54) is 7.11 Å². The summed E-state index contributed by atoms with van der Waals surface area (Å²) in [6.45, 7) is -0.0789. The minimum Gasteiger partial charge on any atom is -0.496 e. The van der Waals surface area contributed by atoms with Crippen LogP contribution >= 0.6 is 0 Å². The molecule has 0 bridgehead atoms. The molecule has 0 radical (unpaired) electrons. The highest BCUT2D eigenvalue weighted by atomic mass is 16.5. The Balaban J connectivity index is 1.93. The first-order valence-corrected chi connectivity index (χ1v) is 6.14. The van der Waals surface area contributed by atoms with E-state index < -0.39 is 5.97 Å². The molecule has 102 valence electrons. The number of hydrogen-bond donors (Lipinski definition) is 1. The van der Waals surface area contributed by atoms with Crippen molar-refractivity contribution in [1.29, 1.82) is 0 Å². The lowest BCUT2D eigenvalue weighted by atomic mass is 10.1. The second-order valence-electron chi connectivity index (χ2n) is 4.48. The van der Waals surface area contributed by atoms with Gasteiger partial charge in [0.25, 0.3) is 0 Å². The quantitative estimate of drug-likeness (QED) is 0.808. The van der Waals surface area contributed by atoms with Crippen LogP contribution in [0.15, 0.2) is 24.3 Å². The van der Waals surface area contributed by atoms with E-state index in [1.54, 1.807) is 7.11 Å². The van der Waals surface area contributed by atoms with Gasteiger partial charge in [-0.05, 0) is 24.0 Å². The third-order valence-corrected chi connectivity index (χ3v) is 3.30. The van der Waals surface area contributed by atoms with E-state index in [-0.39, 0.29) is 24.3 Å². The Morgan fingerprint density at radius 2 is 2.05 bits per heavy atom. The molecule has 19 heavy (non-hydrogen) atoms. The number of nitrogens with one attached hydrogen (secondary N) is 1. The smallest absolute Gasteiger partial charge is 0.325 e. The van der Waals surface area contributed by atoms with Gasteiger partial charge in [-0.3, -0.25) is 9.59 Å². The highest BCUT2D eigenvalue weighted by Gasteiger charge is 2.45. The van der Waals surface area contributed by atoms with Gasteiger partial charge in [-0.2, -0.15) is 0 Å². The highest BCUT2D eigenvalue weighted by Crippen LogP contribution is 2.50. The van der Waals surface area contributed by atoms with Crippen LogP contribution in [0.2, 0.25) is 0 Å². The van der Waals surface area contributed by atoms with Gasteiger partial charge in [0.1, 0.15) is 12.3 Å². The van der Waals surface area contributed by atoms with Gasteiger partial charge in [-0.15, -0.1) is 0 Å². The molecule has 1 saturated carbocycles. The molecular formula is C14H17NO4. The van der Waals surface area contributed by atoms with Crippen LogP contribution in [0.25, 0.3) is 0 Å². The maximum atomic E-state index is 11.8. The normalized spacial score (nSPS) is 20.5. The third-order valence-electron chi connectivity index (χ3n) is 3.30. The Labute approximate surface area is 111 Å². The summed E-state index contributed by atoms with van der Waals surface area (Å²) in [4.78, 5) is 22.8. The fourth-order valence-electron chi connectivity index (χ4n) is 2.16. The first kappa shape index (κ1) is 13.4. The first-order chi connectivity index (χ1) is 9.17. The van der Waals surface area contributed by atoms with Gasteiger partial charge in [-0.25, -0.2) is 0 Å². The second kappa shape index (κ2) is 5.73. The molecule has 1 N–H and O–H groups in total. The zero-order valence-corrected chi connectivity index (χ0v) is 11.0. The lowest BCUT2D eigenvalue weighted by Crippen LogP contribution is -2.31. The minimum absolute atomic E-state index is 0.0789. The molecule has 0 aromatic heterocycles. The van der Waals surface area contributed by atoms with E-state index >= 15 is 0 Å². The molecule has 5 heteroatoms. The van der Waals surface area contributed by atoms with E-state index in [0.29, 0.717) is 0 Å². The van der Waals surface area contributed by atoms with Crippen LogP contribution in [0.4, 0.5) is 0 Å². The summed E-state index contributed by atoms with van der Waals surface area (Å²) in [5.41, 5.74) is 1.04. The van der Waals surface area contributed by atoms with Gasteiger partial charge in [0.05, 0.1) is 14.2 Å². The van der Waals surface area contributed by atoms with Crippen molar-refractivity contribution < 1.29 is 19.1 Å². The van der Waals surface area contributed by atoms with Gasteiger partial charge in [-0.1, -0.05) is 18.2 Å². The molecule has 5 nitrogen and oxygen atoms in total. The molecule has 0 aliphatic heterocycles. The molecule has 1 aliphatic rings.